The zero-order chi connectivity index (χ0) is 20.9. The number of amides is 1. The van der Waals surface area contributed by atoms with E-state index in [1.54, 1.807) is 12.1 Å². The highest BCUT2D eigenvalue weighted by Gasteiger charge is 2.37. The Morgan fingerprint density at radius 1 is 1.21 bits per heavy atom. The number of aliphatic hydroxyl groups is 1. The first-order chi connectivity index (χ1) is 13.1. The topological polar surface area (TPSA) is 88.2 Å². The molecule has 0 bridgehead atoms. The summed E-state index contributed by atoms with van der Waals surface area (Å²) < 4.78 is 51.7. The molecule has 1 aromatic heterocycles. The number of nitrogens with one attached hydrogen (secondary N) is 1. The number of carbonyl (C=O) groups is 1. The van der Waals surface area contributed by atoms with Gasteiger partial charge >= 0.3 is 6.18 Å². The van der Waals surface area contributed by atoms with E-state index in [1.165, 1.54) is 30.5 Å². The van der Waals surface area contributed by atoms with Crippen LogP contribution in [0.1, 0.15) is 28.5 Å². The summed E-state index contributed by atoms with van der Waals surface area (Å²) in [4.78, 5) is 16.2. The first kappa shape index (κ1) is 21.8. The molecule has 28 heavy (non-hydrogen) atoms. The van der Waals surface area contributed by atoms with E-state index in [4.69, 9.17) is 5.73 Å². The number of nitrogens with two attached hydrogens (primary N) is 1. The standard InChI is InChI=1S/C19H21F4N3O2/c1-11(19(21,22)23)26-18(28)13-6-4-8-25-16(13)10-17(27)15(24)9-12-5-2-3-7-14(12)20/h2-8,11,15,17,27H,9-10,24H2,1H3,(H,26,28). The second-order valence-corrected chi connectivity index (χ2v) is 6.47. The molecule has 152 valence electrons. The van der Waals surface area contributed by atoms with Crippen LogP contribution in [0.25, 0.3) is 0 Å². The van der Waals surface area contributed by atoms with E-state index in [-0.39, 0.29) is 24.1 Å². The lowest BCUT2D eigenvalue weighted by molar-refractivity contribution is -0.149. The van der Waals surface area contributed by atoms with Crippen LogP contribution in [0.2, 0.25) is 0 Å². The van der Waals surface area contributed by atoms with Crippen LogP contribution in [0.5, 0.6) is 0 Å². The van der Waals surface area contributed by atoms with Crippen molar-refractivity contribution >= 4 is 5.91 Å². The van der Waals surface area contributed by atoms with Crippen LogP contribution in [0, 0.1) is 5.82 Å². The Morgan fingerprint density at radius 2 is 1.89 bits per heavy atom. The monoisotopic (exact) mass is 399 g/mol. The van der Waals surface area contributed by atoms with Gasteiger partial charge in [0.25, 0.3) is 5.91 Å². The van der Waals surface area contributed by atoms with E-state index >= 15 is 0 Å². The predicted octanol–water partition coefficient (Wildman–Crippen LogP) is 2.37. The molecule has 1 amide bonds. The molecule has 4 N–H and O–H groups in total. The Hall–Kier alpha value is -2.52. The molecule has 2 aromatic rings. The zero-order valence-corrected chi connectivity index (χ0v) is 15.1. The fourth-order valence-electron chi connectivity index (χ4n) is 2.57. The molecule has 0 saturated carbocycles. The van der Waals surface area contributed by atoms with Crippen molar-refractivity contribution in [1.29, 1.82) is 0 Å². The van der Waals surface area contributed by atoms with Gasteiger partial charge in [-0.2, -0.15) is 13.2 Å². The fourth-order valence-corrected chi connectivity index (χ4v) is 2.57. The molecule has 0 saturated heterocycles. The summed E-state index contributed by atoms with van der Waals surface area (Å²) in [6.45, 7) is 0.826. The number of hydrogen-bond acceptors (Lipinski definition) is 4. The van der Waals surface area contributed by atoms with Crippen molar-refractivity contribution in [1.82, 2.24) is 10.3 Å². The van der Waals surface area contributed by atoms with Gasteiger partial charge in [-0.05, 0) is 37.1 Å². The van der Waals surface area contributed by atoms with Crippen LogP contribution < -0.4 is 11.1 Å². The van der Waals surface area contributed by atoms with Gasteiger partial charge in [-0.1, -0.05) is 18.2 Å². The SMILES string of the molecule is CC(NC(=O)c1cccnc1CC(O)C(N)Cc1ccccc1F)C(F)(F)F. The van der Waals surface area contributed by atoms with Crippen LogP contribution >= 0.6 is 0 Å². The number of halogens is 4. The maximum Gasteiger partial charge on any atom is 0.408 e. The molecule has 1 heterocycles. The number of pyridine rings is 1. The number of carbonyl (C=O) groups excluding carboxylic acids is 1. The molecule has 0 radical (unpaired) electrons. The average molecular weight is 399 g/mol. The predicted molar refractivity (Wildman–Crippen MR) is 95.0 cm³/mol. The van der Waals surface area contributed by atoms with E-state index < -0.39 is 36.1 Å². The summed E-state index contributed by atoms with van der Waals surface area (Å²) >= 11 is 0. The number of benzene rings is 1. The third-order valence-corrected chi connectivity index (χ3v) is 4.28. The molecule has 0 aliphatic carbocycles. The summed E-state index contributed by atoms with van der Waals surface area (Å²) in [6, 6.07) is 5.81. The number of nitrogens with zero attached hydrogens (tertiary/aromatic N) is 1. The number of hydrogen-bond donors (Lipinski definition) is 3. The lowest BCUT2D eigenvalue weighted by Crippen LogP contribution is -2.43. The Morgan fingerprint density at radius 3 is 2.54 bits per heavy atom. The summed E-state index contributed by atoms with van der Waals surface area (Å²) in [6.07, 6.45) is -4.53. The van der Waals surface area contributed by atoms with E-state index in [0.29, 0.717) is 5.56 Å². The van der Waals surface area contributed by atoms with Gasteiger partial charge in [0, 0.05) is 18.7 Å². The van der Waals surface area contributed by atoms with Crippen molar-refractivity contribution in [2.45, 2.75) is 44.1 Å². The molecular formula is C19H21F4N3O2. The Kier molecular flexibility index (Phi) is 7.09. The lowest BCUT2D eigenvalue weighted by Gasteiger charge is -2.21. The Balaban J connectivity index is 2.09. The average Bonchev–Trinajstić information content (AvgIpc) is 2.63. The van der Waals surface area contributed by atoms with Crippen LogP contribution in [0.4, 0.5) is 17.6 Å². The summed E-state index contributed by atoms with van der Waals surface area (Å²) in [5, 5.41) is 12.2. The minimum absolute atomic E-state index is 0.0489. The zero-order valence-electron chi connectivity index (χ0n) is 15.1. The molecule has 0 aliphatic rings. The molecular weight excluding hydrogens is 378 g/mol. The number of alkyl halides is 3. The fraction of sp³-hybridized carbons (Fsp3) is 0.368. The molecule has 9 heteroatoms. The second kappa shape index (κ2) is 9.11. The molecule has 5 nitrogen and oxygen atoms in total. The van der Waals surface area contributed by atoms with Crippen molar-refractivity contribution in [2.24, 2.45) is 5.73 Å². The van der Waals surface area contributed by atoms with E-state index in [1.807, 2.05) is 5.32 Å². The number of rotatable bonds is 7. The Bertz CT molecular complexity index is 814. The summed E-state index contributed by atoms with van der Waals surface area (Å²) in [5.41, 5.74) is 6.28. The van der Waals surface area contributed by atoms with Crippen LogP contribution in [-0.4, -0.2) is 40.4 Å². The van der Waals surface area contributed by atoms with Gasteiger partial charge < -0.3 is 16.2 Å². The normalized spacial score (nSPS) is 15.0. The van der Waals surface area contributed by atoms with Crippen molar-refractivity contribution in [3.8, 4) is 0 Å². The minimum Gasteiger partial charge on any atom is -0.391 e. The van der Waals surface area contributed by atoms with Gasteiger partial charge in [-0.15, -0.1) is 0 Å². The van der Waals surface area contributed by atoms with Crippen molar-refractivity contribution < 1.29 is 27.5 Å². The van der Waals surface area contributed by atoms with Gasteiger partial charge in [0.15, 0.2) is 0 Å². The maximum atomic E-state index is 13.7. The quantitative estimate of drug-likeness (QED) is 0.624. The largest absolute Gasteiger partial charge is 0.408 e. The molecule has 3 atom stereocenters. The van der Waals surface area contributed by atoms with Gasteiger partial charge in [0.05, 0.1) is 17.4 Å². The van der Waals surface area contributed by atoms with Crippen molar-refractivity contribution in [3.63, 3.8) is 0 Å². The first-order valence-electron chi connectivity index (χ1n) is 8.58. The number of aliphatic hydroxyl groups excluding tert-OH is 1. The van der Waals surface area contributed by atoms with Crippen molar-refractivity contribution in [3.05, 3.63) is 65.2 Å². The van der Waals surface area contributed by atoms with Gasteiger partial charge in [0.1, 0.15) is 11.9 Å². The molecule has 1 aromatic carbocycles. The highest BCUT2D eigenvalue weighted by atomic mass is 19.4. The van der Waals surface area contributed by atoms with Crippen LogP contribution in [0.3, 0.4) is 0 Å². The molecule has 0 fully saturated rings. The second-order valence-electron chi connectivity index (χ2n) is 6.47. The summed E-state index contributed by atoms with van der Waals surface area (Å²) in [7, 11) is 0. The van der Waals surface area contributed by atoms with Gasteiger partial charge in [0.2, 0.25) is 0 Å². The van der Waals surface area contributed by atoms with Crippen LogP contribution in [0.15, 0.2) is 42.6 Å². The molecule has 2 rings (SSSR count). The van der Waals surface area contributed by atoms with E-state index in [9.17, 15) is 27.5 Å². The minimum atomic E-state index is -4.58. The van der Waals surface area contributed by atoms with Crippen molar-refractivity contribution in [2.75, 3.05) is 0 Å². The highest BCUT2D eigenvalue weighted by Crippen LogP contribution is 2.20. The third-order valence-electron chi connectivity index (χ3n) is 4.28. The lowest BCUT2D eigenvalue weighted by atomic mass is 9.97. The molecule has 3 unspecified atom stereocenters. The maximum absolute atomic E-state index is 13.7. The first-order valence-corrected chi connectivity index (χ1v) is 8.58. The molecule has 0 aliphatic heterocycles. The van der Waals surface area contributed by atoms with Crippen LogP contribution in [-0.2, 0) is 12.8 Å². The highest BCUT2D eigenvalue weighted by molar-refractivity contribution is 5.95. The smallest absolute Gasteiger partial charge is 0.391 e. The van der Waals surface area contributed by atoms with E-state index in [2.05, 4.69) is 4.98 Å². The van der Waals surface area contributed by atoms with E-state index in [0.717, 1.165) is 6.92 Å². The van der Waals surface area contributed by atoms with Gasteiger partial charge in [-0.25, -0.2) is 4.39 Å². The third kappa shape index (κ3) is 5.74. The number of aromatic nitrogens is 1. The van der Waals surface area contributed by atoms with Gasteiger partial charge in [-0.3, -0.25) is 9.78 Å². The Labute approximate surface area is 159 Å². The summed E-state index contributed by atoms with van der Waals surface area (Å²) in [5.74, 6) is -1.41. The molecule has 0 spiro atoms.